The molecule has 6 heteroatoms. The maximum Gasteiger partial charge on any atom is 0.252 e. The van der Waals surface area contributed by atoms with Crippen LogP contribution in [0, 0.1) is 13.8 Å². The number of fused-ring (bicyclic) bond motifs is 20. The van der Waals surface area contributed by atoms with E-state index < -0.39 is 5.41 Å². The first kappa shape index (κ1) is 44.3. The van der Waals surface area contributed by atoms with Crippen molar-refractivity contribution in [3.63, 3.8) is 0 Å². The average Bonchev–Trinajstić information content (AvgIpc) is 3.87. The lowest BCUT2D eigenvalue weighted by molar-refractivity contribution is 0.793. The van der Waals surface area contributed by atoms with Crippen molar-refractivity contribution >= 4 is 111 Å². The molecule has 0 amide bonds. The van der Waals surface area contributed by atoms with Crippen LogP contribution in [0.1, 0.15) is 33.4 Å². The zero-order chi connectivity index (χ0) is 52.5. The van der Waals surface area contributed by atoms with Gasteiger partial charge in [0.25, 0.3) is 6.71 Å². The molecule has 14 aromatic rings. The fraction of sp³-hybridized carbons (Fsp3) is 0.0405. The molecule has 3 aromatic heterocycles. The molecule has 0 N–H and O–H groups in total. The van der Waals surface area contributed by atoms with Gasteiger partial charge in [-0.25, -0.2) is 4.98 Å². The summed E-state index contributed by atoms with van der Waals surface area (Å²) in [5.74, 6) is 0. The Bertz CT molecular complexity index is 4980. The molecule has 2 aliphatic heterocycles. The minimum absolute atomic E-state index is 0.0660. The maximum absolute atomic E-state index is 5.02. The van der Waals surface area contributed by atoms with Crippen molar-refractivity contribution in [3.8, 4) is 39.1 Å². The standard InChI is InChI=1S/C74H47BN4S/c1-44-33-36-61-66(38-44)79(65-31-16-25-53-52-24-10-15-32-70(52)80-72(53)65)69-40-45(2)39-68-71(69)75(61)62-42-56-50-22-7-12-28-58(50)74(60(56)43-67(62)78(68)63-29-13-8-20-48(63)46-18-4-3-5-19-46)57-27-11-6-21-49(57)55-41-47(34-35-59(55)74)77-64-30-14-9-23-51(64)54-26-17-37-76-73(54)77/h3-43H,1-2H3/t74-/m1/s1. The predicted molar refractivity (Wildman–Crippen MR) is 337 cm³/mol. The molecule has 18 rings (SSSR count). The van der Waals surface area contributed by atoms with Gasteiger partial charge >= 0.3 is 0 Å². The minimum atomic E-state index is -0.603. The summed E-state index contributed by atoms with van der Waals surface area (Å²) >= 11 is 1.90. The summed E-state index contributed by atoms with van der Waals surface area (Å²) in [6, 6.07) is 92.0. The van der Waals surface area contributed by atoms with Gasteiger partial charge < -0.3 is 9.80 Å². The molecule has 0 saturated heterocycles. The number of anilines is 6. The third kappa shape index (κ3) is 5.72. The number of hydrogen-bond donors (Lipinski definition) is 0. The number of pyridine rings is 1. The van der Waals surface area contributed by atoms with E-state index in [-0.39, 0.29) is 6.71 Å². The van der Waals surface area contributed by atoms with Crippen LogP contribution >= 0.6 is 11.3 Å². The van der Waals surface area contributed by atoms with Gasteiger partial charge in [0.15, 0.2) is 0 Å². The fourth-order valence-corrected chi connectivity index (χ4v) is 16.2. The number of benzene rings is 11. The van der Waals surface area contributed by atoms with E-state index in [0.29, 0.717) is 0 Å². The first-order valence-electron chi connectivity index (χ1n) is 27.8. The molecule has 0 saturated carbocycles. The van der Waals surface area contributed by atoms with Crippen LogP contribution in [0.5, 0.6) is 0 Å². The predicted octanol–water partition coefficient (Wildman–Crippen LogP) is 17.3. The van der Waals surface area contributed by atoms with E-state index in [1.54, 1.807) is 0 Å². The maximum atomic E-state index is 5.02. The third-order valence-corrected chi connectivity index (χ3v) is 19.3. The highest BCUT2D eigenvalue weighted by molar-refractivity contribution is 7.26. The zero-order valence-electron chi connectivity index (χ0n) is 43.9. The quantitative estimate of drug-likeness (QED) is 0.164. The number of aromatic nitrogens is 2. The van der Waals surface area contributed by atoms with Gasteiger partial charge in [-0.1, -0.05) is 170 Å². The number of para-hydroxylation sites is 2. The molecular weight excluding hydrogens is 988 g/mol. The summed E-state index contributed by atoms with van der Waals surface area (Å²) in [6.45, 7) is 4.47. The molecule has 0 unspecified atom stereocenters. The Kier molecular flexibility index (Phi) is 8.95. The first-order chi connectivity index (χ1) is 39.5. The molecule has 1 spiro atoms. The number of rotatable bonds is 4. The molecule has 5 heterocycles. The Morgan fingerprint density at radius 3 is 1.85 bits per heavy atom. The van der Waals surface area contributed by atoms with Crippen LogP contribution in [-0.2, 0) is 5.41 Å². The first-order valence-corrected chi connectivity index (χ1v) is 28.6. The smallest absolute Gasteiger partial charge is 0.252 e. The molecular formula is C74H47BN4S. The molecule has 0 fully saturated rings. The van der Waals surface area contributed by atoms with Crippen molar-refractivity contribution in [2.75, 3.05) is 9.80 Å². The lowest BCUT2D eigenvalue weighted by Gasteiger charge is -2.45. The lowest BCUT2D eigenvalue weighted by Crippen LogP contribution is -2.61. The second kappa shape index (κ2) is 16.2. The zero-order valence-corrected chi connectivity index (χ0v) is 44.8. The Morgan fingerprint density at radius 1 is 0.400 bits per heavy atom. The Balaban J connectivity index is 0.938. The fourth-order valence-electron chi connectivity index (χ4n) is 15.0. The SMILES string of the molecule is Cc1ccc2c(c1)N(c1cccc3c1sc1ccccc13)c1cc(C)cc3c1B2c1cc2c(cc1N3c1ccccc1-c1ccccc1)[C@]1(c3ccccc3-c3cc(-n4c5ccccc5c5cccnc54)ccc31)c1ccccc1-2. The van der Waals surface area contributed by atoms with Gasteiger partial charge in [0.05, 0.1) is 27.0 Å². The molecule has 11 aromatic carbocycles. The van der Waals surface area contributed by atoms with Gasteiger partial charge in [-0.15, -0.1) is 11.3 Å². The molecule has 4 aliphatic rings. The van der Waals surface area contributed by atoms with Crippen LogP contribution in [0.4, 0.5) is 34.1 Å². The van der Waals surface area contributed by atoms with Gasteiger partial charge in [0, 0.05) is 66.4 Å². The molecule has 372 valence electrons. The Labute approximate surface area is 467 Å². The van der Waals surface area contributed by atoms with Gasteiger partial charge in [-0.05, 0) is 164 Å². The third-order valence-electron chi connectivity index (χ3n) is 18.1. The number of aryl methyl sites for hydroxylation is 2. The number of hydrogen-bond acceptors (Lipinski definition) is 4. The molecule has 1 atom stereocenters. The van der Waals surface area contributed by atoms with Crippen molar-refractivity contribution in [2.24, 2.45) is 0 Å². The van der Waals surface area contributed by atoms with Gasteiger partial charge in [0.2, 0.25) is 0 Å². The summed E-state index contributed by atoms with van der Waals surface area (Å²) in [5.41, 5.74) is 29.0. The molecule has 80 heavy (non-hydrogen) atoms. The number of nitrogens with zero attached hydrogens (tertiary/aromatic N) is 4. The van der Waals surface area contributed by atoms with Crippen molar-refractivity contribution < 1.29 is 0 Å². The van der Waals surface area contributed by atoms with Crippen LogP contribution in [-0.4, -0.2) is 16.3 Å². The summed E-state index contributed by atoms with van der Waals surface area (Å²) in [4.78, 5) is 10.3. The van der Waals surface area contributed by atoms with Crippen molar-refractivity contribution in [1.29, 1.82) is 0 Å². The van der Waals surface area contributed by atoms with Gasteiger partial charge in [0.1, 0.15) is 5.65 Å². The highest BCUT2D eigenvalue weighted by Gasteiger charge is 2.54. The lowest BCUT2D eigenvalue weighted by atomic mass is 9.33. The van der Waals surface area contributed by atoms with Crippen LogP contribution in [0.3, 0.4) is 0 Å². The molecule has 0 bridgehead atoms. The van der Waals surface area contributed by atoms with E-state index in [0.717, 1.165) is 27.9 Å². The van der Waals surface area contributed by atoms with E-state index >= 15 is 0 Å². The average molecular weight is 1040 g/mol. The summed E-state index contributed by atoms with van der Waals surface area (Å²) in [7, 11) is 0. The van der Waals surface area contributed by atoms with E-state index in [4.69, 9.17) is 4.98 Å². The van der Waals surface area contributed by atoms with Crippen molar-refractivity contribution in [2.45, 2.75) is 19.3 Å². The molecule has 0 radical (unpaired) electrons. The Hall–Kier alpha value is -9.75. The van der Waals surface area contributed by atoms with E-state index in [1.807, 2.05) is 23.6 Å². The highest BCUT2D eigenvalue weighted by atomic mass is 32.1. The summed E-state index contributed by atoms with van der Waals surface area (Å²) in [6.07, 6.45) is 1.92. The monoisotopic (exact) mass is 1030 g/mol. The molecule has 4 nitrogen and oxygen atoms in total. The summed E-state index contributed by atoms with van der Waals surface area (Å²) < 4.78 is 4.96. The Morgan fingerprint density at radius 2 is 1.02 bits per heavy atom. The van der Waals surface area contributed by atoms with Crippen LogP contribution < -0.4 is 26.2 Å². The minimum Gasteiger partial charge on any atom is -0.311 e. The summed E-state index contributed by atoms with van der Waals surface area (Å²) in [5, 5.41) is 4.96. The van der Waals surface area contributed by atoms with Crippen LogP contribution in [0.15, 0.2) is 249 Å². The van der Waals surface area contributed by atoms with Crippen molar-refractivity contribution in [3.05, 3.63) is 282 Å². The van der Waals surface area contributed by atoms with E-state index in [1.165, 1.54) is 137 Å². The topological polar surface area (TPSA) is 24.3 Å². The molecule has 2 aliphatic carbocycles. The number of thiophene rings is 1. The van der Waals surface area contributed by atoms with Gasteiger partial charge in [-0.2, -0.15) is 0 Å². The van der Waals surface area contributed by atoms with Crippen molar-refractivity contribution in [1.82, 2.24) is 9.55 Å². The second-order valence-corrected chi connectivity index (χ2v) is 23.3. The highest BCUT2D eigenvalue weighted by Crippen LogP contribution is 2.64. The van der Waals surface area contributed by atoms with E-state index in [9.17, 15) is 0 Å². The largest absolute Gasteiger partial charge is 0.311 e. The van der Waals surface area contributed by atoms with E-state index in [2.05, 4.69) is 265 Å². The second-order valence-electron chi connectivity index (χ2n) is 22.3. The van der Waals surface area contributed by atoms with Crippen LogP contribution in [0.25, 0.3) is 81.2 Å². The van der Waals surface area contributed by atoms with Gasteiger partial charge in [-0.3, -0.25) is 4.57 Å². The van der Waals surface area contributed by atoms with Crippen LogP contribution in [0.2, 0.25) is 0 Å². The normalized spacial score (nSPS) is 15.1.